The first-order valence-corrected chi connectivity index (χ1v) is 8.19. The third-order valence-corrected chi connectivity index (χ3v) is 4.28. The largest absolute Gasteiger partial charge is 0.335 e. The van der Waals surface area contributed by atoms with E-state index in [0.717, 1.165) is 13.1 Å². The Kier molecular flexibility index (Phi) is 4.91. The molecule has 1 aliphatic heterocycles. The van der Waals surface area contributed by atoms with E-state index in [0.29, 0.717) is 18.8 Å². The molecular weight excluding hydrogens is 325 g/mol. The molecule has 1 aliphatic rings. The second-order valence-electron chi connectivity index (χ2n) is 6.25. The zero-order chi connectivity index (χ0) is 18.0. The van der Waals surface area contributed by atoms with Gasteiger partial charge in [-0.1, -0.05) is 12.1 Å². The van der Waals surface area contributed by atoms with Gasteiger partial charge in [0.05, 0.1) is 33.2 Å². The number of halogens is 1. The fourth-order valence-corrected chi connectivity index (χ4v) is 2.77. The number of benzene rings is 1. The summed E-state index contributed by atoms with van der Waals surface area (Å²) >= 11 is 0. The molecule has 2 N–H and O–H groups in total. The first kappa shape index (κ1) is 17.2. The number of aromatic nitrogens is 2. The van der Waals surface area contributed by atoms with Gasteiger partial charge in [0, 0.05) is 11.8 Å². The zero-order valence-electron chi connectivity index (χ0n) is 14.3. The molecule has 1 aromatic carbocycles. The van der Waals surface area contributed by atoms with Gasteiger partial charge in [-0.15, -0.1) is 0 Å². The molecular formula is C17H21FN5O2+. The van der Waals surface area contributed by atoms with Crippen LogP contribution < -0.4 is 15.8 Å². The molecule has 0 atom stereocenters. The maximum atomic E-state index is 14.0. The lowest BCUT2D eigenvalue weighted by atomic mass is 10.2. The average Bonchev–Trinajstić information content (AvgIpc) is 2.58. The summed E-state index contributed by atoms with van der Waals surface area (Å²) in [6.45, 7) is 4.85. The molecule has 0 bridgehead atoms. The van der Waals surface area contributed by atoms with Crippen LogP contribution in [0.15, 0.2) is 35.1 Å². The quantitative estimate of drug-likeness (QED) is 0.760. The van der Waals surface area contributed by atoms with Gasteiger partial charge >= 0.3 is 0 Å². The second-order valence-corrected chi connectivity index (χ2v) is 6.25. The van der Waals surface area contributed by atoms with Gasteiger partial charge in [-0.25, -0.2) is 14.1 Å². The van der Waals surface area contributed by atoms with E-state index in [1.165, 1.54) is 21.7 Å². The van der Waals surface area contributed by atoms with Gasteiger partial charge in [0.2, 0.25) is 5.43 Å². The minimum atomic E-state index is -0.574. The number of hydrogen-bond donors (Lipinski definition) is 2. The van der Waals surface area contributed by atoms with Crippen LogP contribution in [-0.2, 0) is 0 Å². The molecule has 3 rings (SSSR count). The van der Waals surface area contributed by atoms with Gasteiger partial charge in [-0.2, -0.15) is 5.10 Å². The van der Waals surface area contributed by atoms with E-state index in [2.05, 4.69) is 17.6 Å². The van der Waals surface area contributed by atoms with Crippen molar-refractivity contribution in [2.45, 2.75) is 6.92 Å². The summed E-state index contributed by atoms with van der Waals surface area (Å²) in [6, 6.07) is 7.39. The number of carbonyl (C=O) groups excluding carboxylic acids is 1. The average molecular weight is 346 g/mol. The molecule has 2 heterocycles. The zero-order valence-corrected chi connectivity index (χ0v) is 14.3. The molecule has 7 nitrogen and oxygen atoms in total. The fourth-order valence-electron chi connectivity index (χ4n) is 2.77. The number of nitrogens with zero attached hydrogens (tertiary/aromatic N) is 3. The topological polar surface area (TPSA) is 71.7 Å². The van der Waals surface area contributed by atoms with Crippen molar-refractivity contribution in [3.8, 4) is 5.69 Å². The minimum Gasteiger partial charge on any atom is -0.335 e. The first-order valence-electron chi connectivity index (χ1n) is 8.19. The molecule has 2 aromatic rings. The van der Waals surface area contributed by atoms with Gasteiger partial charge in [0.15, 0.2) is 5.69 Å². The number of nitrogens with one attached hydrogen (secondary N) is 2. The van der Waals surface area contributed by atoms with Crippen molar-refractivity contribution < 1.29 is 14.1 Å². The molecule has 1 amide bonds. The maximum absolute atomic E-state index is 14.0. The van der Waals surface area contributed by atoms with Crippen LogP contribution >= 0.6 is 0 Å². The summed E-state index contributed by atoms with van der Waals surface area (Å²) in [5.74, 6) is -1.05. The number of hydrogen-bond acceptors (Lipinski definition) is 4. The third kappa shape index (κ3) is 3.75. The molecule has 1 fully saturated rings. The Bertz CT molecular complexity index is 843. The Morgan fingerprint density at radius 3 is 2.64 bits per heavy atom. The number of piperazine rings is 1. The Balaban J connectivity index is 1.89. The molecule has 1 aromatic heterocycles. The van der Waals surface area contributed by atoms with E-state index in [1.807, 2.05) is 0 Å². The van der Waals surface area contributed by atoms with Crippen molar-refractivity contribution in [3.05, 3.63) is 57.8 Å². The second kappa shape index (κ2) is 7.12. The van der Waals surface area contributed by atoms with Crippen LogP contribution in [0.1, 0.15) is 16.2 Å². The molecule has 0 unspecified atom stereocenters. The highest BCUT2D eigenvalue weighted by Gasteiger charge is 2.22. The van der Waals surface area contributed by atoms with E-state index in [4.69, 9.17) is 0 Å². The Morgan fingerprint density at radius 2 is 1.96 bits per heavy atom. The molecule has 0 saturated carbocycles. The van der Waals surface area contributed by atoms with Crippen LogP contribution in [0, 0.1) is 12.7 Å². The molecule has 0 radical (unpaired) electrons. The Labute approximate surface area is 144 Å². The Hall–Kier alpha value is -2.58. The van der Waals surface area contributed by atoms with Crippen LogP contribution in [0.3, 0.4) is 0 Å². The van der Waals surface area contributed by atoms with Gasteiger partial charge in [-0.05, 0) is 19.1 Å². The van der Waals surface area contributed by atoms with Crippen molar-refractivity contribution in [2.24, 2.45) is 0 Å². The molecule has 0 spiro atoms. The monoisotopic (exact) mass is 346 g/mol. The van der Waals surface area contributed by atoms with Crippen LogP contribution in [0.2, 0.25) is 0 Å². The van der Waals surface area contributed by atoms with Crippen LogP contribution in [0.5, 0.6) is 0 Å². The standard InChI is InChI=1S/C17H20FN5O2/c1-12-11-15(24)16(17(25)20-22-9-7-21(2)8-10-22)19-23(12)14-6-4-3-5-13(14)18/h3-6,11H,7-10H2,1-2H3,(H,20,25)/p+1. The van der Waals surface area contributed by atoms with Gasteiger partial charge < -0.3 is 4.90 Å². The number of aryl methyl sites for hydroxylation is 1. The number of quaternary nitrogens is 1. The highest BCUT2D eigenvalue weighted by atomic mass is 19.1. The minimum absolute atomic E-state index is 0.192. The highest BCUT2D eigenvalue weighted by molar-refractivity contribution is 5.91. The highest BCUT2D eigenvalue weighted by Crippen LogP contribution is 2.13. The summed E-state index contributed by atoms with van der Waals surface area (Å²) < 4.78 is 15.3. The summed E-state index contributed by atoms with van der Waals surface area (Å²) in [7, 11) is 2.09. The van der Waals surface area contributed by atoms with E-state index in [9.17, 15) is 14.0 Å². The van der Waals surface area contributed by atoms with E-state index in [-0.39, 0.29) is 11.4 Å². The lowest BCUT2D eigenvalue weighted by molar-refractivity contribution is -0.884. The number of para-hydroxylation sites is 1. The molecule has 0 aliphatic carbocycles. The molecule has 8 heteroatoms. The van der Waals surface area contributed by atoms with Crippen molar-refractivity contribution in [1.29, 1.82) is 0 Å². The van der Waals surface area contributed by atoms with Gasteiger partial charge in [0.25, 0.3) is 5.91 Å². The third-order valence-electron chi connectivity index (χ3n) is 4.28. The van der Waals surface area contributed by atoms with Gasteiger partial charge in [-0.3, -0.25) is 15.0 Å². The van der Waals surface area contributed by atoms with E-state index >= 15 is 0 Å². The SMILES string of the molecule is Cc1cc(=O)c(C(=O)NN2CC[NH+](C)CC2)nn1-c1ccccc1F. The van der Waals surface area contributed by atoms with Crippen molar-refractivity contribution in [3.63, 3.8) is 0 Å². The van der Waals surface area contributed by atoms with Crippen LogP contribution in [0.4, 0.5) is 4.39 Å². The molecule has 132 valence electrons. The number of hydrazine groups is 1. The number of likely N-dealkylation sites (N-methyl/N-ethyl adjacent to an activating group) is 1. The predicted octanol–water partition coefficient (Wildman–Crippen LogP) is -0.845. The van der Waals surface area contributed by atoms with Gasteiger partial charge in [0.1, 0.15) is 11.5 Å². The summed E-state index contributed by atoms with van der Waals surface area (Å²) in [5.41, 5.74) is 2.63. The smallest absolute Gasteiger partial charge is 0.290 e. The van der Waals surface area contributed by atoms with Crippen molar-refractivity contribution in [2.75, 3.05) is 33.2 Å². The maximum Gasteiger partial charge on any atom is 0.290 e. The lowest BCUT2D eigenvalue weighted by Crippen LogP contribution is -3.12. The van der Waals surface area contributed by atoms with E-state index < -0.39 is 17.2 Å². The Morgan fingerprint density at radius 1 is 1.28 bits per heavy atom. The van der Waals surface area contributed by atoms with Crippen LogP contribution in [-0.4, -0.2) is 53.9 Å². The summed E-state index contributed by atoms with van der Waals surface area (Å²) in [6.07, 6.45) is 0. The predicted molar refractivity (Wildman–Crippen MR) is 90.2 cm³/mol. The first-order chi connectivity index (χ1) is 12.0. The summed E-state index contributed by atoms with van der Waals surface area (Å²) in [5, 5.41) is 5.89. The normalized spacial score (nSPS) is 16.0. The van der Waals surface area contributed by atoms with Crippen molar-refractivity contribution >= 4 is 5.91 Å². The fraction of sp³-hybridized carbons (Fsp3) is 0.353. The van der Waals surface area contributed by atoms with Crippen LogP contribution in [0.25, 0.3) is 5.69 Å². The molecule has 1 saturated heterocycles. The number of rotatable bonds is 3. The number of amides is 1. The number of carbonyl (C=O) groups is 1. The molecule has 25 heavy (non-hydrogen) atoms. The lowest BCUT2D eigenvalue weighted by Gasteiger charge is -2.29. The van der Waals surface area contributed by atoms with Crippen molar-refractivity contribution in [1.82, 2.24) is 20.2 Å². The summed E-state index contributed by atoms with van der Waals surface area (Å²) in [4.78, 5) is 26.0. The van der Waals surface area contributed by atoms with E-state index in [1.54, 1.807) is 30.1 Å².